The van der Waals surface area contributed by atoms with Crippen molar-refractivity contribution >= 4 is 11.6 Å². The summed E-state index contributed by atoms with van der Waals surface area (Å²) >= 11 is 0. The monoisotopic (exact) mass is 278 g/mol. The molecule has 1 fully saturated rings. The van der Waals surface area contributed by atoms with Gasteiger partial charge in [-0.3, -0.25) is 4.79 Å². The van der Waals surface area contributed by atoms with E-state index in [4.69, 9.17) is 4.74 Å². The predicted molar refractivity (Wildman–Crippen MR) is 78.0 cm³/mol. The Kier molecular flexibility index (Phi) is 4.62. The number of phenolic OH excluding ortho intramolecular Hbond substituents is 1. The minimum atomic E-state index is -0.179. The third kappa shape index (κ3) is 2.78. The van der Waals surface area contributed by atoms with Crippen LogP contribution in [0.25, 0.3) is 0 Å². The number of aromatic hydroxyl groups is 1. The van der Waals surface area contributed by atoms with Crippen molar-refractivity contribution in [3.05, 3.63) is 23.8 Å². The number of aryl methyl sites for hydroxylation is 1. The van der Waals surface area contributed by atoms with Crippen LogP contribution in [-0.2, 0) is 9.53 Å². The van der Waals surface area contributed by atoms with Gasteiger partial charge in [0, 0.05) is 18.7 Å². The summed E-state index contributed by atoms with van der Waals surface area (Å²) in [6, 6.07) is 5.14. The second-order valence-electron chi connectivity index (χ2n) is 5.09. The lowest BCUT2D eigenvalue weighted by atomic mass is 10.0. The van der Waals surface area contributed by atoms with Crippen molar-refractivity contribution in [3.8, 4) is 5.75 Å². The number of anilines is 1. The topological polar surface area (TPSA) is 61.8 Å². The molecule has 1 aromatic carbocycles. The van der Waals surface area contributed by atoms with Crippen LogP contribution in [0.1, 0.15) is 12.5 Å². The summed E-state index contributed by atoms with van der Waals surface area (Å²) in [4.78, 5) is 14.5. The van der Waals surface area contributed by atoms with Gasteiger partial charge < -0.3 is 20.1 Å². The lowest BCUT2D eigenvalue weighted by Crippen LogP contribution is -2.45. The molecule has 20 heavy (non-hydrogen) atoms. The number of nitrogens with zero attached hydrogens (tertiary/aromatic N) is 1. The zero-order chi connectivity index (χ0) is 14.7. The molecule has 1 aliphatic rings. The Morgan fingerprint density at radius 2 is 2.25 bits per heavy atom. The Labute approximate surface area is 119 Å². The number of benzene rings is 1. The maximum absolute atomic E-state index is 12.7. The van der Waals surface area contributed by atoms with Crippen molar-refractivity contribution < 1.29 is 14.6 Å². The van der Waals surface area contributed by atoms with Crippen molar-refractivity contribution in [2.24, 2.45) is 5.92 Å². The van der Waals surface area contributed by atoms with Gasteiger partial charge in [0.15, 0.2) is 0 Å². The van der Waals surface area contributed by atoms with Gasteiger partial charge in [-0.25, -0.2) is 0 Å². The largest absolute Gasteiger partial charge is 0.508 e. The fraction of sp³-hybridized carbons (Fsp3) is 0.533. The molecule has 0 aliphatic carbocycles. The van der Waals surface area contributed by atoms with Gasteiger partial charge in [-0.1, -0.05) is 6.07 Å². The Hall–Kier alpha value is -1.59. The molecule has 2 atom stereocenters. The highest BCUT2D eigenvalue weighted by atomic mass is 16.5. The molecule has 2 unspecified atom stereocenters. The first-order valence-corrected chi connectivity index (χ1v) is 6.94. The average Bonchev–Trinajstić information content (AvgIpc) is 2.91. The third-order valence-electron chi connectivity index (χ3n) is 3.83. The fourth-order valence-corrected chi connectivity index (χ4v) is 2.62. The third-order valence-corrected chi connectivity index (χ3v) is 3.83. The summed E-state index contributed by atoms with van der Waals surface area (Å²) < 4.78 is 5.41. The van der Waals surface area contributed by atoms with Crippen LogP contribution >= 0.6 is 0 Å². The first-order chi connectivity index (χ1) is 9.58. The highest BCUT2D eigenvalue weighted by Gasteiger charge is 2.36. The number of carbonyl (C=O) groups is 1. The Morgan fingerprint density at radius 3 is 2.90 bits per heavy atom. The standard InChI is InChI=1S/C15H22N2O3/c1-4-17(14-7-11(18)6-5-10(14)2)15(19)12-8-20-9-13(12)16-3/h5-7,12-13,16,18H,4,8-9H2,1-3H3. The molecule has 110 valence electrons. The molecule has 1 aromatic rings. The zero-order valence-electron chi connectivity index (χ0n) is 12.2. The van der Waals surface area contributed by atoms with Crippen molar-refractivity contribution in [1.29, 1.82) is 0 Å². The van der Waals surface area contributed by atoms with Gasteiger partial charge in [0.2, 0.25) is 5.91 Å². The summed E-state index contributed by atoms with van der Waals surface area (Å²) in [5, 5.41) is 12.8. The SMILES string of the molecule is CCN(C(=O)C1COCC1NC)c1cc(O)ccc1C. The number of carbonyl (C=O) groups excluding carboxylic acids is 1. The first-order valence-electron chi connectivity index (χ1n) is 6.94. The Balaban J connectivity index is 2.27. The number of hydrogen-bond donors (Lipinski definition) is 2. The molecule has 2 rings (SSSR count). The van der Waals surface area contributed by atoms with Crippen LogP contribution in [0.2, 0.25) is 0 Å². The van der Waals surface area contributed by atoms with Crippen LogP contribution in [0.3, 0.4) is 0 Å². The molecule has 5 heteroatoms. The smallest absolute Gasteiger partial charge is 0.234 e. The first kappa shape index (κ1) is 14.8. The van der Waals surface area contributed by atoms with Crippen LogP contribution < -0.4 is 10.2 Å². The van der Waals surface area contributed by atoms with Gasteiger partial charge in [-0.15, -0.1) is 0 Å². The number of phenols is 1. The van der Waals surface area contributed by atoms with Gasteiger partial charge in [0.25, 0.3) is 0 Å². The van der Waals surface area contributed by atoms with E-state index < -0.39 is 0 Å². The molecule has 0 bridgehead atoms. The quantitative estimate of drug-likeness (QED) is 0.871. The minimum absolute atomic E-state index is 0.0399. The molecule has 5 nitrogen and oxygen atoms in total. The van der Waals surface area contributed by atoms with Crippen LogP contribution in [0.15, 0.2) is 18.2 Å². The molecule has 0 saturated carbocycles. The van der Waals surface area contributed by atoms with Crippen LogP contribution in [0.4, 0.5) is 5.69 Å². The summed E-state index contributed by atoms with van der Waals surface area (Å²) in [6.07, 6.45) is 0. The Bertz CT molecular complexity index is 490. The second-order valence-corrected chi connectivity index (χ2v) is 5.09. The van der Waals surface area contributed by atoms with E-state index in [0.29, 0.717) is 19.8 Å². The van der Waals surface area contributed by atoms with Gasteiger partial charge >= 0.3 is 0 Å². The van der Waals surface area contributed by atoms with Crippen LogP contribution in [0.5, 0.6) is 5.75 Å². The highest BCUT2D eigenvalue weighted by molar-refractivity contribution is 5.96. The lowest BCUT2D eigenvalue weighted by molar-refractivity contribution is -0.122. The molecule has 1 aliphatic heterocycles. The number of amides is 1. The van der Waals surface area contributed by atoms with Crippen molar-refractivity contribution in [3.63, 3.8) is 0 Å². The Morgan fingerprint density at radius 1 is 1.50 bits per heavy atom. The predicted octanol–water partition coefficient (Wildman–Crippen LogP) is 1.29. The van der Waals surface area contributed by atoms with Crippen molar-refractivity contribution in [1.82, 2.24) is 5.32 Å². The van der Waals surface area contributed by atoms with E-state index in [0.717, 1.165) is 11.3 Å². The zero-order valence-corrected chi connectivity index (χ0v) is 12.2. The molecular formula is C15H22N2O3. The van der Waals surface area contributed by atoms with E-state index >= 15 is 0 Å². The van der Waals surface area contributed by atoms with E-state index in [2.05, 4.69) is 5.32 Å². The van der Waals surface area contributed by atoms with Gasteiger partial charge in [0.1, 0.15) is 5.75 Å². The molecule has 0 radical (unpaired) electrons. The average molecular weight is 278 g/mol. The molecule has 1 amide bonds. The molecule has 0 aromatic heterocycles. The van der Waals surface area contributed by atoms with Crippen LogP contribution in [0, 0.1) is 12.8 Å². The summed E-state index contributed by atoms with van der Waals surface area (Å²) in [5.74, 6) is 0.0319. The van der Waals surface area contributed by atoms with Gasteiger partial charge in [-0.2, -0.15) is 0 Å². The number of nitrogens with one attached hydrogen (secondary N) is 1. The van der Waals surface area contributed by atoms with Crippen molar-refractivity contribution in [2.45, 2.75) is 19.9 Å². The normalized spacial score (nSPS) is 21.9. The maximum Gasteiger partial charge on any atom is 0.234 e. The molecular weight excluding hydrogens is 256 g/mol. The van der Waals surface area contributed by atoms with E-state index in [1.54, 1.807) is 17.0 Å². The molecule has 1 saturated heterocycles. The molecule has 0 spiro atoms. The van der Waals surface area contributed by atoms with Crippen LogP contribution in [-0.4, -0.2) is 43.9 Å². The van der Waals surface area contributed by atoms with E-state index in [9.17, 15) is 9.90 Å². The maximum atomic E-state index is 12.7. The lowest BCUT2D eigenvalue weighted by Gasteiger charge is -2.27. The van der Waals surface area contributed by atoms with E-state index in [-0.39, 0.29) is 23.6 Å². The van der Waals surface area contributed by atoms with Crippen molar-refractivity contribution in [2.75, 3.05) is 31.7 Å². The van der Waals surface area contributed by atoms with Gasteiger partial charge in [0.05, 0.1) is 24.8 Å². The summed E-state index contributed by atoms with van der Waals surface area (Å²) in [7, 11) is 1.84. The molecule has 1 heterocycles. The van der Waals surface area contributed by atoms with Gasteiger partial charge in [-0.05, 0) is 32.5 Å². The molecule has 2 N–H and O–H groups in total. The summed E-state index contributed by atoms with van der Waals surface area (Å²) in [6.45, 7) is 5.44. The minimum Gasteiger partial charge on any atom is -0.508 e. The second kappa shape index (κ2) is 6.24. The summed E-state index contributed by atoms with van der Waals surface area (Å²) in [5.41, 5.74) is 1.73. The number of hydrogen-bond acceptors (Lipinski definition) is 4. The number of rotatable bonds is 4. The fourth-order valence-electron chi connectivity index (χ4n) is 2.62. The van der Waals surface area contributed by atoms with E-state index in [1.807, 2.05) is 27.0 Å². The highest BCUT2D eigenvalue weighted by Crippen LogP contribution is 2.27. The number of ether oxygens (including phenoxy) is 1. The number of likely N-dealkylation sites (N-methyl/N-ethyl adjacent to an activating group) is 1. The van der Waals surface area contributed by atoms with E-state index in [1.165, 1.54) is 0 Å².